The third kappa shape index (κ3) is 3.00. The van der Waals surface area contributed by atoms with E-state index < -0.39 is 5.91 Å². The van der Waals surface area contributed by atoms with Crippen molar-refractivity contribution >= 4 is 34.6 Å². The molecule has 0 spiro atoms. The lowest BCUT2D eigenvalue weighted by Gasteiger charge is -2.04. The summed E-state index contributed by atoms with van der Waals surface area (Å²) in [5, 5.41) is 14.6. The van der Waals surface area contributed by atoms with Gasteiger partial charge in [0.1, 0.15) is 10.9 Å². The Morgan fingerprint density at radius 3 is 2.81 bits per heavy atom. The zero-order chi connectivity index (χ0) is 18.1. The Morgan fingerprint density at radius 2 is 2.00 bits per heavy atom. The van der Waals surface area contributed by atoms with Gasteiger partial charge in [-0.1, -0.05) is 23.7 Å². The fraction of sp³-hybridized carbons (Fsp3) is 0.0556. The lowest BCUT2D eigenvalue weighted by molar-refractivity contribution is 0.0952. The van der Waals surface area contributed by atoms with E-state index in [9.17, 15) is 9.90 Å². The summed E-state index contributed by atoms with van der Waals surface area (Å²) >= 11 is 6.18. The standard InChI is InChI=1S/C18H12ClN3O4/c19-17-11(8-20-22-18(24)12-3-1-2-4-14(12)23)5-10-6-15-16(26-9-25-15)7-13(10)21-17/h1-8,23H,9H2,(H,22,24). The maximum atomic E-state index is 12.0. The third-order valence-corrected chi connectivity index (χ3v) is 4.11. The van der Waals surface area contributed by atoms with Crippen LogP contribution < -0.4 is 14.9 Å². The number of aromatic hydroxyl groups is 1. The van der Waals surface area contributed by atoms with Crippen molar-refractivity contribution < 1.29 is 19.4 Å². The molecule has 0 aliphatic carbocycles. The van der Waals surface area contributed by atoms with Crippen LogP contribution in [0.3, 0.4) is 0 Å². The number of nitrogens with one attached hydrogen (secondary N) is 1. The molecule has 4 rings (SSSR count). The number of para-hydroxylation sites is 1. The van der Waals surface area contributed by atoms with E-state index in [2.05, 4.69) is 15.5 Å². The Hall–Kier alpha value is -3.32. The average molecular weight is 370 g/mol. The zero-order valence-corrected chi connectivity index (χ0v) is 14.0. The van der Waals surface area contributed by atoms with Gasteiger partial charge in [0.05, 0.1) is 17.3 Å². The molecule has 8 heteroatoms. The molecule has 0 atom stereocenters. The summed E-state index contributed by atoms with van der Waals surface area (Å²) in [6.45, 7) is 0.173. The molecule has 0 unspecified atom stereocenters. The highest BCUT2D eigenvalue weighted by Crippen LogP contribution is 2.36. The van der Waals surface area contributed by atoms with Gasteiger partial charge in [-0.25, -0.2) is 10.4 Å². The van der Waals surface area contributed by atoms with Crippen molar-refractivity contribution in [2.45, 2.75) is 0 Å². The van der Waals surface area contributed by atoms with Crippen LogP contribution in [0.2, 0.25) is 5.15 Å². The van der Waals surface area contributed by atoms with Crippen molar-refractivity contribution in [2.24, 2.45) is 5.10 Å². The lowest BCUT2D eigenvalue weighted by atomic mass is 10.1. The van der Waals surface area contributed by atoms with Gasteiger partial charge in [0.2, 0.25) is 6.79 Å². The molecule has 0 bridgehead atoms. The number of carbonyl (C=O) groups is 1. The van der Waals surface area contributed by atoms with Crippen molar-refractivity contribution in [3.63, 3.8) is 0 Å². The summed E-state index contributed by atoms with van der Waals surface area (Å²) in [6.07, 6.45) is 1.39. The van der Waals surface area contributed by atoms with E-state index in [1.165, 1.54) is 18.3 Å². The number of halogens is 1. The SMILES string of the molecule is O=C(NN=Cc1cc2cc3c(cc2nc1Cl)OCO3)c1ccccc1O. The van der Waals surface area contributed by atoms with Crippen LogP contribution in [0.25, 0.3) is 10.9 Å². The number of hydrogen-bond donors (Lipinski definition) is 2. The van der Waals surface area contributed by atoms with E-state index in [1.807, 2.05) is 0 Å². The van der Waals surface area contributed by atoms with Crippen LogP contribution in [-0.4, -0.2) is 29.0 Å². The highest BCUT2D eigenvalue weighted by molar-refractivity contribution is 6.32. The third-order valence-electron chi connectivity index (χ3n) is 3.81. The second-order valence-electron chi connectivity index (χ2n) is 5.48. The van der Waals surface area contributed by atoms with Crippen LogP contribution in [0, 0.1) is 0 Å². The molecule has 1 aliphatic heterocycles. The van der Waals surface area contributed by atoms with Gasteiger partial charge in [-0.15, -0.1) is 0 Å². The minimum atomic E-state index is -0.535. The van der Waals surface area contributed by atoms with Crippen LogP contribution in [0.4, 0.5) is 0 Å². The van der Waals surface area contributed by atoms with Crippen molar-refractivity contribution in [3.05, 3.63) is 58.7 Å². The average Bonchev–Trinajstić information content (AvgIpc) is 3.07. The fourth-order valence-electron chi connectivity index (χ4n) is 2.53. The van der Waals surface area contributed by atoms with Crippen LogP contribution in [0.15, 0.2) is 47.6 Å². The second kappa shape index (κ2) is 6.53. The van der Waals surface area contributed by atoms with E-state index in [1.54, 1.807) is 30.3 Å². The van der Waals surface area contributed by atoms with E-state index in [-0.39, 0.29) is 23.3 Å². The molecule has 1 aliphatic rings. The van der Waals surface area contributed by atoms with Gasteiger partial charge in [0.25, 0.3) is 5.91 Å². The topological polar surface area (TPSA) is 93.0 Å². The molecular weight excluding hydrogens is 358 g/mol. The number of amides is 1. The number of ether oxygens (including phenoxy) is 2. The summed E-state index contributed by atoms with van der Waals surface area (Å²) < 4.78 is 10.7. The van der Waals surface area contributed by atoms with Crippen LogP contribution in [0.5, 0.6) is 17.2 Å². The highest BCUT2D eigenvalue weighted by Gasteiger charge is 2.16. The first-order valence-corrected chi connectivity index (χ1v) is 8.01. The number of phenols is 1. The minimum absolute atomic E-state index is 0.123. The summed E-state index contributed by atoms with van der Waals surface area (Å²) in [4.78, 5) is 16.3. The molecule has 0 fully saturated rings. The zero-order valence-electron chi connectivity index (χ0n) is 13.3. The smallest absolute Gasteiger partial charge is 0.275 e. The van der Waals surface area contributed by atoms with Gasteiger partial charge in [0, 0.05) is 17.0 Å². The first-order chi connectivity index (χ1) is 12.6. The molecule has 3 aromatic rings. The molecule has 0 saturated heterocycles. The van der Waals surface area contributed by atoms with Crippen molar-refractivity contribution in [1.29, 1.82) is 0 Å². The number of fused-ring (bicyclic) bond motifs is 2. The summed E-state index contributed by atoms with van der Waals surface area (Å²) in [6, 6.07) is 11.5. The summed E-state index contributed by atoms with van der Waals surface area (Å²) in [7, 11) is 0. The van der Waals surface area contributed by atoms with E-state index >= 15 is 0 Å². The van der Waals surface area contributed by atoms with Gasteiger partial charge in [0.15, 0.2) is 11.5 Å². The Kier molecular flexibility index (Phi) is 4.06. The number of carbonyl (C=O) groups excluding carboxylic acids is 1. The highest BCUT2D eigenvalue weighted by atomic mass is 35.5. The lowest BCUT2D eigenvalue weighted by Crippen LogP contribution is -2.17. The Balaban J connectivity index is 1.57. The van der Waals surface area contributed by atoms with Gasteiger partial charge in [-0.3, -0.25) is 4.79 Å². The molecule has 0 saturated carbocycles. The van der Waals surface area contributed by atoms with Gasteiger partial charge in [-0.05, 0) is 24.3 Å². The first-order valence-electron chi connectivity index (χ1n) is 7.63. The molecule has 1 amide bonds. The number of nitrogens with zero attached hydrogens (tertiary/aromatic N) is 2. The Bertz CT molecular complexity index is 1050. The number of aromatic nitrogens is 1. The second-order valence-corrected chi connectivity index (χ2v) is 5.84. The van der Waals surface area contributed by atoms with Crippen molar-refractivity contribution in [3.8, 4) is 17.2 Å². The molecular formula is C18H12ClN3O4. The monoisotopic (exact) mass is 369 g/mol. The molecule has 0 radical (unpaired) electrons. The quantitative estimate of drug-likeness (QED) is 0.420. The minimum Gasteiger partial charge on any atom is -0.507 e. The number of rotatable bonds is 3. The number of benzene rings is 2. The van der Waals surface area contributed by atoms with Crippen LogP contribution in [0.1, 0.15) is 15.9 Å². The molecule has 7 nitrogen and oxygen atoms in total. The Morgan fingerprint density at radius 1 is 1.23 bits per heavy atom. The summed E-state index contributed by atoms with van der Waals surface area (Å²) in [5.41, 5.74) is 3.66. The van der Waals surface area contributed by atoms with E-state index in [0.717, 1.165) is 5.39 Å². The number of hydrazone groups is 1. The molecule has 2 N–H and O–H groups in total. The maximum Gasteiger partial charge on any atom is 0.275 e. The predicted octanol–water partition coefficient (Wildman–Crippen LogP) is 3.09. The van der Waals surface area contributed by atoms with E-state index in [4.69, 9.17) is 21.1 Å². The normalized spacial score (nSPS) is 12.7. The predicted molar refractivity (Wildman–Crippen MR) is 96.0 cm³/mol. The molecule has 2 aromatic carbocycles. The van der Waals surface area contributed by atoms with E-state index in [0.29, 0.717) is 22.6 Å². The number of pyridine rings is 1. The first kappa shape index (κ1) is 16.2. The number of hydrogen-bond acceptors (Lipinski definition) is 6. The summed E-state index contributed by atoms with van der Waals surface area (Å²) in [5.74, 6) is 0.601. The fourth-order valence-corrected chi connectivity index (χ4v) is 2.73. The van der Waals surface area contributed by atoms with Crippen molar-refractivity contribution in [2.75, 3.05) is 6.79 Å². The molecule has 26 heavy (non-hydrogen) atoms. The van der Waals surface area contributed by atoms with Crippen LogP contribution >= 0.6 is 11.6 Å². The molecule has 130 valence electrons. The van der Waals surface area contributed by atoms with Gasteiger partial charge in [-0.2, -0.15) is 5.10 Å². The van der Waals surface area contributed by atoms with Gasteiger partial charge < -0.3 is 14.6 Å². The molecule has 2 heterocycles. The Labute approximate surface area is 152 Å². The van der Waals surface area contributed by atoms with Crippen molar-refractivity contribution in [1.82, 2.24) is 10.4 Å². The maximum absolute atomic E-state index is 12.0. The largest absolute Gasteiger partial charge is 0.507 e. The van der Waals surface area contributed by atoms with Gasteiger partial charge >= 0.3 is 0 Å². The van der Waals surface area contributed by atoms with Crippen LogP contribution in [-0.2, 0) is 0 Å². The molecule has 1 aromatic heterocycles. The number of phenolic OH excluding ortho intramolecular Hbond substituents is 1.